The average Bonchev–Trinajstić information content (AvgIpc) is 2.39. The fourth-order valence-corrected chi connectivity index (χ4v) is 2.75. The predicted octanol–water partition coefficient (Wildman–Crippen LogP) is 4.96. The van der Waals surface area contributed by atoms with Crippen molar-refractivity contribution in [1.82, 2.24) is 10.2 Å². The Kier molecular flexibility index (Phi) is 7.93. The Morgan fingerprint density at radius 2 is 1.90 bits per heavy atom. The van der Waals surface area contributed by atoms with Gasteiger partial charge in [-0.1, -0.05) is 47.8 Å². The van der Waals surface area contributed by atoms with E-state index in [0.717, 1.165) is 13.1 Å². The van der Waals surface area contributed by atoms with Gasteiger partial charge < -0.3 is 10.2 Å². The highest BCUT2D eigenvalue weighted by molar-refractivity contribution is 9.10. The summed E-state index contributed by atoms with van der Waals surface area (Å²) in [5.74, 6) is 0. The Balaban J connectivity index is 2.53. The smallest absolute Gasteiger partial charge is 0.0241 e. The first-order valence-corrected chi connectivity index (χ1v) is 8.82. The Hall–Kier alpha value is -0.380. The molecule has 0 bridgehead atoms. The first-order valence-electron chi connectivity index (χ1n) is 8.02. The number of benzene rings is 1. The number of nitrogens with one attached hydrogen (secondary N) is 1. The molecule has 0 heterocycles. The minimum Gasteiger partial charge on any atom is -0.308 e. The minimum atomic E-state index is 0.157. The topological polar surface area (TPSA) is 15.3 Å². The van der Waals surface area contributed by atoms with E-state index in [1.807, 2.05) is 0 Å². The van der Waals surface area contributed by atoms with Gasteiger partial charge in [-0.05, 0) is 58.0 Å². The van der Waals surface area contributed by atoms with Crippen molar-refractivity contribution in [2.75, 3.05) is 13.6 Å². The standard InChI is InChI=1S/C18H31BrN2/c1-6-7-8-11-21(5)14-16-10-9-15(12-17(16)19)13-20-18(2,3)4/h9-10,12,20H,6-8,11,13-14H2,1-5H3. The Labute approximate surface area is 139 Å². The van der Waals surface area contributed by atoms with Crippen molar-refractivity contribution in [3.8, 4) is 0 Å². The van der Waals surface area contributed by atoms with Crippen molar-refractivity contribution < 1.29 is 0 Å². The van der Waals surface area contributed by atoms with Gasteiger partial charge in [-0.25, -0.2) is 0 Å². The normalized spacial score (nSPS) is 12.1. The Bertz CT molecular complexity index is 424. The van der Waals surface area contributed by atoms with Crippen LogP contribution in [0.15, 0.2) is 22.7 Å². The maximum atomic E-state index is 3.72. The fraction of sp³-hybridized carbons (Fsp3) is 0.667. The van der Waals surface area contributed by atoms with Crippen molar-refractivity contribution in [2.24, 2.45) is 0 Å². The van der Waals surface area contributed by atoms with Crippen LogP contribution < -0.4 is 5.32 Å². The van der Waals surface area contributed by atoms with Crippen LogP contribution >= 0.6 is 15.9 Å². The quantitative estimate of drug-likeness (QED) is 0.663. The minimum absolute atomic E-state index is 0.157. The van der Waals surface area contributed by atoms with Crippen LogP contribution in [0, 0.1) is 0 Å². The predicted molar refractivity (Wildman–Crippen MR) is 96.6 cm³/mol. The van der Waals surface area contributed by atoms with Crippen LogP contribution in [0.2, 0.25) is 0 Å². The summed E-state index contributed by atoms with van der Waals surface area (Å²) in [4.78, 5) is 2.41. The SMILES string of the molecule is CCCCCN(C)Cc1ccc(CNC(C)(C)C)cc1Br. The van der Waals surface area contributed by atoms with Crippen LogP contribution in [0.25, 0.3) is 0 Å². The maximum Gasteiger partial charge on any atom is 0.0241 e. The third-order valence-electron chi connectivity index (χ3n) is 3.52. The van der Waals surface area contributed by atoms with Crippen LogP contribution in [-0.2, 0) is 13.1 Å². The molecule has 1 rings (SSSR count). The van der Waals surface area contributed by atoms with Gasteiger partial charge in [0.15, 0.2) is 0 Å². The highest BCUT2D eigenvalue weighted by Gasteiger charge is 2.10. The largest absolute Gasteiger partial charge is 0.308 e. The summed E-state index contributed by atoms with van der Waals surface area (Å²) >= 11 is 3.72. The molecule has 2 nitrogen and oxygen atoms in total. The Morgan fingerprint density at radius 3 is 2.48 bits per heavy atom. The summed E-state index contributed by atoms with van der Waals surface area (Å²) in [6.45, 7) is 11.9. The third-order valence-corrected chi connectivity index (χ3v) is 4.26. The summed E-state index contributed by atoms with van der Waals surface area (Å²) in [5.41, 5.74) is 2.85. The second-order valence-electron chi connectivity index (χ2n) is 6.97. The van der Waals surface area contributed by atoms with Crippen LogP contribution in [0.5, 0.6) is 0 Å². The number of rotatable bonds is 8. The molecule has 0 aliphatic carbocycles. The molecule has 1 aromatic carbocycles. The molecule has 3 heteroatoms. The third kappa shape index (κ3) is 7.98. The van der Waals surface area contributed by atoms with Crippen LogP contribution in [-0.4, -0.2) is 24.0 Å². The molecule has 1 N–H and O–H groups in total. The molecule has 0 saturated heterocycles. The van der Waals surface area contributed by atoms with Gasteiger partial charge in [0.25, 0.3) is 0 Å². The molecule has 0 amide bonds. The zero-order chi connectivity index (χ0) is 15.9. The van der Waals surface area contributed by atoms with E-state index in [2.05, 4.69) is 79.1 Å². The first-order chi connectivity index (χ1) is 9.81. The second kappa shape index (κ2) is 8.92. The van der Waals surface area contributed by atoms with Gasteiger partial charge in [0.1, 0.15) is 0 Å². The molecular formula is C18H31BrN2. The van der Waals surface area contributed by atoms with E-state index in [4.69, 9.17) is 0 Å². The highest BCUT2D eigenvalue weighted by atomic mass is 79.9. The van der Waals surface area contributed by atoms with Crippen molar-refractivity contribution in [1.29, 1.82) is 0 Å². The van der Waals surface area contributed by atoms with Crippen molar-refractivity contribution >= 4 is 15.9 Å². The summed E-state index contributed by atoms with van der Waals surface area (Å²) in [5, 5.41) is 3.53. The number of unbranched alkanes of at least 4 members (excludes halogenated alkanes) is 2. The van der Waals surface area contributed by atoms with Crippen LogP contribution in [0.1, 0.15) is 58.1 Å². The molecule has 21 heavy (non-hydrogen) atoms. The molecule has 0 aromatic heterocycles. The summed E-state index contributed by atoms with van der Waals surface area (Å²) < 4.78 is 1.22. The van der Waals surface area contributed by atoms with Gasteiger partial charge in [0.05, 0.1) is 0 Å². The molecule has 0 radical (unpaired) electrons. The summed E-state index contributed by atoms with van der Waals surface area (Å²) in [7, 11) is 2.21. The summed E-state index contributed by atoms with van der Waals surface area (Å²) in [6.07, 6.45) is 3.90. The molecule has 0 atom stereocenters. The number of nitrogens with zero attached hydrogens (tertiary/aromatic N) is 1. The van der Waals surface area contributed by atoms with E-state index in [1.54, 1.807) is 0 Å². The lowest BCUT2D eigenvalue weighted by Gasteiger charge is -2.21. The van der Waals surface area contributed by atoms with E-state index < -0.39 is 0 Å². The van der Waals surface area contributed by atoms with E-state index in [0.29, 0.717) is 0 Å². The second-order valence-corrected chi connectivity index (χ2v) is 7.83. The number of halogens is 1. The highest BCUT2D eigenvalue weighted by Crippen LogP contribution is 2.20. The van der Waals surface area contributed by atoms with E-state index in [-0.39, 0.29) is 5.54 Å². The molecule has 0 saturated carbocycles. The summed E-state index contributed by atoms with van der Waals surface area (Å²) in [6, 6.07) is 6.73. The first kappa shape index (κ1) is 18.7. The molecule has 1 aromatic rings. The zero-order valence-corrected chi connectivity index (χ0v) is 15.9. The van der Waals surface area contributed by atoms with Crippen molar-refractivity contribution in [2.45, 2.75) is 65.6 Å². The molecule has 0 aliphatic rings. The molecule has 120 valence electrons. The van der Waals surface area contributed by atoms with E-state index in [9.17, 15) is 0 Å². The van der Waals surface area contributed by atoms with Gasteiger partial charge in [-0.2, -0.15) is 0 Å². The molecule has 0 spiro atoms. The van der Waals surface area contributed by atoms with Gasteiger partial charge in [-0.3, -0.25) is 0 Å². The Morgan fingerprint density at radius 1 is 1.19 bits per heavy atom. The van der Waals surface area contributed by atoms with E-state index in [1.165, 1.54) is 41.4 Å². The number of hydrogen-bond donors (Lipinski definition) is 1. The number of hydrogen-bond acceptors (Lipinski definition) is 2. The maximum absolute atomic E-state index is 3.72. The zero-order valence-electron chi connectivity index (χ0n) is 14.3. The van der Waals surface area contributed by atoms with E-state index >= 15 is 0 Å². The monoisotopic (exact) mass is 354 g/mol. The molecule has 0 fully saturated rings. The van der Waals surface area contributed by atoms with Crippen LogP contribution in [0.3, 0.4) is 0 Å². The molecule has 0 unspecified atom stereocenters. The molecular weight excluding hydrogens is 324 g/mol. The van der Waals surface area contributed by atoms with Gasteiger partial charge in [0, 0.05) is 23.1 Å². The molecule has 0 aliphatic heterocycles. The van der Waals surface area contributed by atoms with Crippen LogP contribution in [0.4, 0.5) is 0 Å². The average molecular weight is 355 g/mol. The fourth-order valence-electron chi connectivity index (χ4n) is 2.20. The van der Waals surface area contributed by atoms with Crippen molar-refractivity contribution in [3.63, 3.8) is 0 Å². The lowest BCUT2D eigenvalue weighted by atomic mass is 10.1. The van der Waals surface area contributed by atoms with Crippen molar-refractivity contribution in [3.05, 3.63) is 33.8 Å². The lowest BCUT2D eigenvalue weighted by Crippen LogP contribution is -2.35. The van der Waals surface area contributed by atoms with Gasteiger partial charge >= 0.3 is 0 Å². The lowest BCUT2D eigenvalue weighted by molar-refractivity contribution is 0.317. The van der Waals surface area contributed by atoms with Gasteiger partial charge in [-0.15, -0.1) is 0 Å². The van der Waals surface area contributed by atoms with Gasteiger partial charge in [0.2, 0.25) is 0 Å².